The van der Waals surface area contributed by atoms with Crippen LogP contribution in [0.5, 0.6) is 0 Å². The van der Waals surface area contributed by atoms with E-state index in [1.54, 1.807) is 24.5 Å². The minimum absolute atomic E-state index is 0.643. The molecule has 0 spiro atoms. The summed E-state index contributed by atoms with van der Waals surface area (Å²) in [6.45, 7) is 0. The van der Waals surface area contributed by atoms with Crippen LogP contribution >= 0.6 is 15.9 Å². The van der Waals surface area contributed by atoms with E-state index in [1.165, 1.54) is 0 Å². The second kappa shape index (κ2) is 2.65. The van der Waals surface area contributed by atoms with Crippen LogP contribution in [0.15, 0.2) is 33.4 Å². The van der Waals surface area contributed by atoms with Crippen LogP contribution < -0.4 is 0 Å². The first-order valence-electron chi connectivity index (χ1n) is 3.38. The highest BCUT2D eigenvalue weighted by molar-refractivity contribution is 9.10. The van der Waals surface area contributed by atoms with E-state index < -0.39 is 0 Å². The molecular weight excluding hydrogens is 218 g/mol. The molecule has 2 nitrogen and oxygen atoms in total. The molecule has 0 amide bonds. The number of hydrogen-bond acceptors (Lipinski definition) is 2. The summed E-state index contributed by atoms with van der Waals surface area (Å²) in [5.41, 5.74) is 1.44. The summed E-state index contributed by atoms with van der Waals surface area (Å²) in [6.07, 6.45) is 1.62. The zero-order valence-electron chi connectivity index (χ0n) is 6.04. The Kier molecular flexibility index (Phi) is 1.63. The number of nitriles is 1. The maximum absolute atomic E-state index is 8.63. The zero-order chi connectivity index (χ0) is 8.55. The van der Waals surface area contributed by atoms with Crippen LogP contribution in [-0.2, 0) is 0 Å². The molecule has 0 saturated heterocycles. The Morgan fingerprint density at radius 2 is 2.25 bits per heavy atom. The van der Waals surface area contributed by atoms with Crippen molar-refractivity contribution < 1.29 is 4.42 Å². The Hall–Kier alpha value is -1.27. The van der Waals surface area contributed by atoms with E-state index in [0.717, 1.165) is 15.4 Å². The number of furan rings is 1. The standard InChI is InChI=1S/C9H4BrNO/c10-8-5-12-9-2-1-6(4-11)3-7(8)9/h1-3,5H. The van der Waals surface area contributed by atoms with Gasteiger partial charge in [-0.05, 0) is 34.1 Å². The number of benzene rings is 1. The number of rotatable bonds is 0. The lowest BCUT2D eigenvalue weighted by Crippen LogP contribution is -1.71. The van der Waals surface area contributed by atoms with Crippen molar-refractivity contribution in [2.45, 2.75) is 0 Å². The van der Waals surface area contributed by atoms with E-state index in [2.05, 4.69) is 22.0 Å². The molecule has 0 unspecified atom stereocenters. The van der Waals surface area contributed by atoms with Crippen LogP contribution in [0.25, 0.3) is 11.0 Å². The van der Waals surface area contributed by atoms with Gasteiger partial charge in [-0.2, -0.15) is 5.26 Å². The van der Waals surface area contributed by atoms with E-state index in [4.69, 9.17) is 9.68 Å². The Morgan fingerprint density at radius 1 is 1.42 bits per heavy atom. The molecule has 2 aromatic rings. The molecule has 12 heavy (non-hydrogen) atoms. The summed E-state index contributed by atoms with van der Waals surface area (Å²) in [6, 6.07) is 7.39. The maximum atomic E-state index is 8.63. The van der Waals surface area contributed by atoms with Crippen LogP contribution in [0.2, 0.25) is 0 Å². The summed E-state index contributed by atoms with van der Waals surface area (Å²) < 4.78 is 6.08. The summed E-state index contributed by atoms with van der Waals surface area (Å²) in [4.78, 5) is 0. The van der Waals surface area contributed by atoms with Gasteiger partial charge in [0.1, 0.15) is 11.8 Å². The quantitative estimate of drug-likeness (QED) is 0.686. The second-order valence-corrected chi connectivity index (χ2v) is 3.26. The summed E-state index contributed by atoms with van der Waals surface area (Å²) in [7, 11) is 0. The molecule has 0 atom stereocenters. The molecule has 0 aliphatic heterocycles. The van der Waals surface area contributed by atoms with Crippen molar-refractivity contribution >= 4 is 26.9 Å². The normalized spacial score (nSPS) is 10.0. The molecule has 0 N–H and O–H groups in total. The Balaban J connectivity index is 2.82. The smallest absolute Gasteiger partial charge is 0.135 e. The van der Waals surface area contributed by atoms with Gasteiger partial charge in [0.25, 0.3) is 0 Å². The summed E-state index contributed by atoms with van der Waals surface area (Å²) >= 11 is 3.33. The van der Waals surface area contributed by atoms with Crippen molar-refractivity contribution in [2.75, 3.05) is 0 Å². The Morgan fingerprint density at radius 3 is 3.00 bits per heavy atom. The number of nitrogens with zero attached hydrogens (tertiary/aromatic N) is 1. The van der Waals surface area contributed by atoms with Crippen molar-refractivity contribution in [2.24, 2.45) is 0 Å². The molecule has 0 bridgehead atoms. The molecule has 0 radical (unpaired) electrons. The van der Waals surface area contributed by atoms with E-state index in [9.17, 15) is 0 Å². The molecular formula is C9H4BrNO. The van der Waals surface area contributed by atoms with Crippen molar-refractivity contribution in [3.05, 3.63) is 34.5 Å². The predicted octanol–water partition coefficient (Wildman–Crippen LogP) is 3.07. The lowest BCUT2D eigenvalue weighted by atomic mass is 10.2. The predicted molar refractivity (Wildman–Crippen MR) is 48.6 cm³/mol. The Labute approximate surface area is 77.5 Å². The first-order chi connectivity index (χ1) is 5.81. The van der Waals surface area contributed by atoms with Crippen molar-refractivity contribution in [3.63, 3.8) is 0 Å². The molecule has 0 saturated carbocycles. The summed E-state index contributed by atoms with van der Waals surface area (Å²) in [5.74, 6) is 0. The van der Waals surface area contributed by atoms with Gasteiger partial charge in [-0.25, -0.2) is 0 Å². The van der Waals surface area contributed by atoms with E-state index >= 15 is 0 Å². The van der Waals surface area contributed by atoms with Gasteiger partial charge in [0.2, 0.25) is 0 Å². The fourth-order valence-corrected chi connectivity index (χ4v) is 1.47. The third-order valence-corrected chi connectivity index (χ3v) is 2.27. The first kappa shape index (κ1) is 7.38. The lowest BCUT2D eigenvalue weighted by Gasteiger charge is -1.88. The van der Waals surface area contributed by atoms with Gasteiger partial charge >= 0.3 is 0 Å². The SMILES string of the molecule is N#Cc1ccc2occ(Br)c2c1. The van der Waals surface area contributed by atoms with Gasteiger partial charge in [-0.3, -0.25) is 0 Å². The van der Waals surface area contributed by atoms with Gasteiger partial charge < -0.3 is 4.42 Å². The topological polar surface area (TPSA) is 36.9 Å². The third kappa shape index (κ3) is 1.01. The van der Waals surface area contributed by atoms with Crippen molar-refractivity contribution in [1.82, 2.24) is 0 Å². The van der Waals surface area contributed by atoms with Gasteiger partial charge in [0.15, 0.2) is 0 Å². The monoisotopic (exact) mass is 221 g/mol. The molecule has 58 valence electrons. The molecule has 1 aromatic carbocycles. The highest BCUT2D eigenvalue weighted by Gasteiger charge is 2.02. The van der Waals surface area contributed by atoms with Crippen LogP contribution in [0.3, 0.4) is 0 Å². The van der Waals surface area contributed by atoms with Crippen LogP contribution in [-0.4, -0.2) is 0 Å². The number of fused-ring (bicyclic) bond motifs is 1. The molecule has 1 heterocycles. The van der Waals surface area contributed by atoms with Crippen molar-refractivity contribution in [1.29, 1.82) is 5.26 Å². The van der Waals surface area contributed by atoms with Gasteiger partial charge in [0, 0.05) is 5.39 Å². The van der Waals surface area contributed by atoms with E-state index in [-0.39, 0.29) is 0 Å². The van der Waals surface area contributed by atoms with Crippen LogP contribution in [0, 0.1) is 11.3 Å². The van der Waals surface area contributed by atoms with E-state index in [0.29, 0.717) is 5.56 Å². The van der Waals surface area contributed by atoms with Gasteiger partial charge in [0.05, 0.1) is 16.1 Å². The third-order valence-electron chi connectivity index (χ3n) is 1.66. The second-order valence-electron chi connectivity index (χ2n) is 2.41. The molecule has 0 fully saturated rings. The highest BCUT2D eigenvalue weighted by atomic mass is 79.9. The Bertz CT molecular complexity index is 467. The number of hydrogen-bond donors (Lipinski definition) is 0. The average molecular weight is 222 g/mol. The minimum Gasteiger partial charge on any atom is -0.463 e. The molecule has 3 heteroatoms. The molecule has 0 aliphatic rings. The average Bonchev–Trinajstić information content (AvgIpc) is 2.47. The lowest BCUT2D eigenvalue weighted by molar-refractivity contribution is 0.614. The first-order valence-corrected chi connectivity index (χ1v) is 4.17. The molecule has 2 rings (SSSR count). The molecule has 0 aliphatic carbocycles. The van der Waals surface area contributed by atoms with Gasteiger partial charge in [-0.15, -0.1) is 0 Å². The fraction of sp³-hybridized carbons (Fsp3) is 0. The minimum atomic E-state index is 0.643. The zero-order valence-corrected chi connectivity index (χ0v) is 7.63. The van der Waals surface area contributed by atoms with Gasteiger partial charge in [-0.1, -0.05) is 0 Å². The molecule has 1 aromatic heterocycles. The fourth-order valence-electron chi connectivity index (χ4n) is 1.07. The van der Waals surface area contributed by atoms with Crippen LogP contribution in [0.1, 0.15) is 5.56 Å². The summed E-state index contributed by atoms with van der Waals surface area (Å²) in [5, 5.41) is 9.57. The highest BCUT2D eigenvalue weighted by Crippen LogP contribution is 2.26. The van der Waals surface area contributed by atoms with E-state index in [1.807, 2.05) is 0 Å². The maximum Gasteiger partial charge on any atom is 0.135 e. The van der Waals surface area contributed by atoms with Crippen LogP contribution in [0.4, 0.5) is 0 Å². The van der Waals surface area contributed by atoms with Crippen molar-refractivity contribution in [3.8, 4) is 6.07 Å². The largest absolute Gasteiger partial charge is 0.463 e. The number of halogens is 1.